The van der Waals surface area contributed by atoms with E-state index in [1.807, 2.05) is 25.1 Å². The van der Waals surface area contributed by atoms with E-state index < -0.39 is 0 Å². The number of nitrogens with one attached hydrogen (secondary N) is 1. The normalized spacial score (nSPS) is 15.6. The zero-order chi connectivity index (χ0) is 17.9. The molecule has 1 aromatic carbocycles. The Morgan fingerprint density at radius 1 is 1.19 bits per heavy atom. The fourth-order valence-corrected chi connectivity index (χ4v) is 3.26. The van der Waals surface area contributed by atoms with Gasteiger partial charge in [0.2, 0.25) is 5.71 Å². The number of pyridine rings is 1. The molecule has 0 aliphatic carbocycles. The maximum atomic E-state index is 12.3. The molecule has 6 nitrogen and oxygen atoms in total. The number of carbonyl (C=O) groups is 1. The van der Waals surface area contributed by atoms with Crippen LogP contribution >= 0.6 is 0 Å². The molecular weight excluding hydrogens is 330 g/mol. The molecule has 0 saturated carbocycles. The fourth-order valence-electron chi connectivity index (χ4n) is 3.26. The Morgan fingerprint density at radius 3 is 2.88 bits per heavy atom. The van der Waals surface area contributed by atoms with Gasteiger partial charge in [-0.1, -0.05) is 12.1 Å². The summed E-state index contributed by atoms with van der Waals surface area (Å²) in [4.78, 5) is 19.2. The largest absolute Gasteiger partial charge is 0.433 e. The summed E-state index contributed by atoms with van der Waals surface area (Å²) in [5.41, 5.74) is 2.53. The Balaban J connectivity index is 1.39. The first-order chi connectivity index (χ1) is 12.7. The Kier molecular flexibility index (Phi) is 4.86. The molecule has 1 fully saturated rings. The van der Waals surface area contributed by atoms with Crippen LogP contribution in [0.25, 0.3) is 22.0 Å². The second-order valence-electron chi connectivity index (χ2n) is 6.75. The number of aryl methyl sites for hydroxylation is 1. The lowest BCUT2D eigenvalue weighted by Gasteiger charge is -2.26. The van der Waals surface area contributed by atoms with E-state index in [4.69, 9.17) is 9.15 Å². The highest BCUT2D eigenvalue weighted by Crippen LogP contribution is 2.23. The molecule has 0 atom stereocenters. The van der Waals surface area contributed by atoms with E-state index in [0.717, 1.165) is 61.1 Å². The molecule has 2 aromatic heterocycles. The number of hydrogen-bond donors (Lipinski definition) is 1. The smallest absolute Gasteiger partial charge is 0.287 e. The van der Waals surface area contributed by atoms with Crippen LogP contribution in [0.2, 0.25) is 0 Å². The van der Waals surface area contributed by atoms with Gasteiger partial charge in [-0.25, -0.2) is 4.98 Å². The maximum Gasteiger partial charge on any atom is 0.287 e. The van der Waals surface area contributed by atoms with Crippen LogP contribution in [0.4, 0.5) is 0 Å². The number of hydrogen-bond acceptors (Lipinski definition) is 5. The van der Waals surface area contributed by atoms with Gasteiger partial charge in [0.15, 0.2) is 5.76 Å². The van der Waals surface area contributed by atoms with Gasteiger partial charge >= 0.3 is 0 Å². The van der Waals surface area contributed by atoms with Gasteiger partial charge < -0.3 is 14.5 Å². The molecule has 26 heavy (non-hydrogen) atoms. The van der Waals surface area contributed by atoms with E-state index in [1.54, 1.807) is 6.07 Å². The van der Waals surface area contributed by atoms with Crippen molar-refractivity contribution in [2.24, 2.45) is 0 Å². The molecular formula is C20H23N3O3. The third-order valence-electron chi connectivity index (χ3n) is 4.72. The summed E-state index contributed by atoms with van der Waals surface area (Å²) < 4.78 is 11.0. The standard InChI is InChI=1S/C20H23N3O3/c1-14-3-4-15-12-16-13-18(26-20(16)22-17(15)11-14)19(24)21-5-2-6-23-7-9-25-10-8-23/h3-4,11-13H,2,5-10H2,1H3,(H,21,24). The van der Waals surface area contributed by atoms with Crippen LogP contribution in [0.1, 0.15) is 22.5 Å². The summed E-state index contributed by atoms with van der Waals surface area (Å²) in [5, 5.41) is 4.82. The SMILES string of the molecule is Cc1ccc2cc3cc(C(=O)NCCCN4CCOCC4)oc3nc2c1. The first-order valence-corrected chi connectivity index (χ1v) is 9.08. The number of furan rings is 1. The predicted octanol–water partition coefficient (Wildman–Crippen LogP) is 2.74. The molecule has 3 heterocycles. The van der Waals surface area contributed by atoms with Crippen molar-refractivity contribution in [3.63, 3.8) is 0 Å². The minimum Gasteiger partial charge on any atom is -0.433 e. The molecule has 1 N–H and O–H groups in total. The van der Waals surface area contributed by atoms with E-state index in [0.29, 0.717) is 18.0 Å². The number of carbonyl (C=O) groups excluding carboxylic acids is 1. The van der Waals surface area contributed by atoms with Crippen molar-refractivity contribution >= 4 is 27.9 Å². The summed E-state index contributed by atoms with van der Waals surface area (Å²) in [6, 6.07) is 9.88. The number of benzene rings is 1. The quantitative estimate of drug-likeness (QED) is 0.715. The summed E-state index contributed by atoms with van der Waals surface area (Å²) in [6.45, 7) is 7.16. The maximum absolute atomic E-state index is 12.3. The highest BCUT2D eigenvalue weighted by molar-refractivity contribution is 5.98. The van der Waals surface area contributed by atoms with Crippen molar-refractivity contribution in [1.29, 1.82) is 0 Å². The van der Waals surface area contributed by atoms with Crippen molar-refractivity contribution < 1.29 is 13.9 Å². The third kappa shape index (κ3) is 3.71. The van der Waals surface area contributed by atoms with Crippen LogP contribution in [-0.4, -0.2) is 55.2 Å². The van der Waals surface area contributed by atoms with Crippen molar-refractivity contribution in [3.8, 4) is 0 Å². The van der Waals surface area contributed by atoms with E-state index in [-0.39, 0.29) is 5.91 Å². The van der Waals surface area contributed by atoms with Gasteiger partial charge in [-0.15, -0.1) is 0 Å². The van der Waals surface area contributed by atoms with Gasteiger partial charge in [0.05, 0.1) is 18.7 Å². The Bertz CT molecular complexity index is 929. The first-order valence-electron chi connectivity index (χ1n) is 9.08. The van der Waals surface area contributed by atoms with Gasteiger partial charge in [-0.05, 0) is 43.7 Å². The molecule has 3 aromatic rings. The first kappa shape index (κ1) is 17.0. The highest BCUT2D eigenvalue weighted by Gasteiger charge is 2.14. The molecule has 1 aliphatic heterocycles. The zero-order valence-electron chi connectivity index (χ0n) is 15.0. The van der Waals surface area contributed by atoms with Crippen LogP contribution in [0.5, 0.6) is 0 Å². The molecule has 1 aliphatic rings. The zero-order valence-corrected chi connectivity index (χ0v) is 15.0. The molecule has 4 rings (SSSR count). The number of fused-ring (bicyclic) bond motifs is 2. The summed E-state index contributed by atoms with van der Waals surface area (Å²) in [6.07, 6.45) is 0.910. The topological polar surface area (TPSA) is 67.6 Å². The highest BCUT2D eigenvalue weighted by atomic mass is 16.5. The second-order valence-corrected chi connectivity index (χ2v) is 6.75. The third-order valence-corrected chi connectivity index (χ3v) is 4.72. The van der Waals surface area contributed by atoms with Crippen LogP contribution in [0.15, 0.2) is 34.7 Å². The van der Waals surface area contributed by atoms with Crippen molar-refractivity contribution in [2.45, 2.75) is 13.3 Å². The van der Waals surface area contributed by atoms with E-state index in [9.17, 15) is 4.79 Å². The van der Waals surface area contributed by atoms with Gasteiger partial charge in [-0.2, -0.15) is 0 Å². The molecule has 1 amide bonds. The van der Waals surface area contributed by atoms with Crippen LogP contribution in [-0.2, 0) is 4.74 Å². The van der Waals surface area contributed by atoms with Crippen LogP contribution < -0.4 is 5.32 Å². The summed E-state index contributed by atoms with van der Waals surface area (Å²) in [7, 11) is 0. The number of amides is 1. The molecule has 6 heteroatoms. The van der Waals surface area contributed by atoms with Gasteiger partial charge in [0.25, 0.3) is 5.91 Å². The Labute approximate surface area is 152 Å². The van der Waals surface area contributed by atoms with Crippen molar-refractivity contribution in [2.75, 3.05) is 39.4 Å². The van der Waals surface area contributed by atoms with Crippen LogP contribution in [0.3, 0.4) is 0 Å². The van der Waals surface area contributed by atoms with Crippen LogP contribution in [0, 0.1) is 6.92 Å². The predicted molar refractivity (Wildman–Crippen MR) is 100 cm³/mol. The van der Waals surface area contributed by atoms with Gasteiger partial charge in [0, 0.05) is 30.4 Å². The van der Waals surface area contributed by atoms with Crippen molar-refractivity contribution in [3.05, 3.63) is 41.7 Å². The fraction of sp³-hybridized carbons (Fsp3) is 0.400. The minimum absolute atomic E-state index is 0.190. The molecule has 0 bridgehead atoms. The van der Waals surface area contributed by atoms with Crippen molar-refractivity contribution in [1.82, 2.24) is 15.2 Å². The lowest BCUT2D eigenvalue weighted by Crippen LogP contribution is -2.38. The second kappa shape index (κ2) is 7.43. The Morgan fingerprint density at radius 2 is 2.04 bits per heavy atom. The molecule has 0 unspecified atom stereocenters. The lowest BCUT2D eigenvalue weighted by atomic mass is 10.1. The van der Waals surface area contributed by atoms with Gasteiger partial charge in [0.1, 0.15) is 0 Å². The molecule has 136 valence electrons. The number of ether oxygens (including phenoxy) is 1. The van der Waals surface area contributed by atoms with Gasteiger partial charge in [-0.3, -0.25) is 9.69 Å². The lowest BCUT2D eigenvalue weighted by molar-refractivity contribution is 0.0374. The number of morpholine rings is 1. The molecule has 0 spiro atoms. The number of nitrogens with zero attached hydrogens (tertiary/aromatic N) is 2. The average Bonchev–Trinajstić information content (AvgIpc) is 3.07. The minimum atomic E-state index is -0.190. The Hall–Kier alpha value is -2.44. The summed E-state index contributed by atoms with van der Waals surface area (Å²) in [5.74, 6) is 0.121. The monoisotopic (exact) mass is 353 g/mol. The summed E-state index contributed by atoms with van der Waals surface area (Å²) >= 11 is 0. The van der Waals surface area contributed by atoms with E-state index >= 15 is 0 Å². The average molecular weight is 353 g/mol. The molecule has 1 saturated heterocycles. The molecule has 0 radical (unpaired) electrons. The number of aromatic nitrogens is 1. The van der Waals surface area contributed by atoms with E-state index in [2.05, 4.69) is 21.3 Å². The van der Waals surface area contributed by atoms with E-state index in [1.165, 1.54) is 0 Å². The number of rotatable bonds is 5.